The summed E-state index contributed by atoms with van der Waals surface area (Å²) in [5, 5.41) is 18.5. The molecular formula is C20H35IN4O2. The van der Waals surface area contributed by atoms with Crippen LogP contribution in [0.1, 0.15) is 49.0 Å². The maximum Gasteiger partial charge on any atom is 0.251 e. The lowest BCUT2D eigenvalue weighted by atomic mass is 10.0. The van der Waals surface area contributed by atoms with Gasteiger partial charge in [0, 0.05) is 38.3 Å². The van der Waals surface area contributed by atoms with Crippen molar-refractivity contribution in [2.24, 2.45) is 10.9 Å². The fraction of sp³-hybridized carbons (Fsp3) is 0.600. The van der Waals surface area contributed by atoms with Crippen molar-refractivity contribution in [1.82, 2.24) is 16.0 Å². The molecule has 7 heteroatoms. The van der Waals surface area contributed by atoms with Crippen molar-refractivity contribution < 1.29 is 9.90 Å². The number of aliphatic imine (C=N–C) groups is 1. The van der Waals surface area contributed by atoms with Crippen molar-refractivity contribution in [3.8, 4) is 0 Å². The maximum atomic E-state index is 12.1. The molecule has 0 saturated carbocycles. The number of aliphatic hydroxyl groups excluding tert-OH is 1. The summed E-state index contributed by atoms with van der Waals surface area (Å²) in [5.74, 6) is 1.08. The molecule has 0 spiro atoms. The summed E-state index contributed by atoms with van der Waals surface area (Å²) in [6.45, 7) is 8.94. The Hall–Kier alpha value is -1.35. The van der Waals surface area contributed by atoms with Gasteiger partial charge in [-0.05, 0) is 44.7 Å². The predicted octanol–water partition coefficient (Wildman–Crippen LogP) is 2.70. The van der Waals surface area contributed by atoms with Gasteiger partial charge in [0.15, 0.2) is 5.96 Å². The zero-order valence-electron chi connectivity index (χ0n) is 16.8. The highest BCUT2D eigenvalue weighted by molar-refractivity contribution is 14.0. The molecule has 0 saturated heterocycles. The number of amides is 1. The Bertz CT molecular complexity index is 561. The van der Waals surface area contributed by atoms with Gasteiger partial charge in [-0.1, -0.05) is 31.0 Å². The van der Waals surface area contributed by atoms with Gasteiger partial charge < -0.3 is 21.1 Å². The molecule has 4 N–H and O–H groups in total. The molecule has 1 rings (SSSR count). The van der Waals surface area contributed by atoms with Crippen LogP contribution in [0.4, 0.5) is 0 Å². The molecule has 27 heavy (non-hydrogen) atoms. The number of aliphatic hydroxyl groups is 1. The maximum absolute atomic E-state index is 12.1. The van der Waals surface area contributed by atoms with E-state index in [1.54, 1.807) is 0 Å². The summed E-state index contributed by atoms with van der Waals surface area (Å²) >= 11 is 0. The molecule has 1 unspecified atom stereocenters. The van der Waals surface area contributed by atoms with E-state index in [9.17, 15) is 4.79 Å². The van der Waals surface area contributed by atoms with E-state index in [0.717, 1.165) is 37.3 Å². The predicted molar refractivity (Wildman–Crippen MR) is 123 cm³/mol. The third-order valence-corrected chi connectivity index (χ3v) is 4.07. The third kappa shape index (κ3) is 11.2. The minimum absolute atomic E-state index is 0. The van der Waals surface area contributed by atoms with Gasteiger partial charge in [0.2, 0.25) is 0 Å². The summed E-state index contributed by atoms with van der Waals surface area (Å²) in [5.41, 5.74) is 1.75. The van der Waals surface area contributed by atoms with Gasteiger partial charge in [-0.15, -0.1) is 24.0 Å². The lowest BCUT2D eigenvalue weighted by molar-refractivity contribution is 0.0954. The Morgan fingerprint density at radius 3 is 2.52 bits per heavy atom. The van der Waals surface area contributed by atoms with Gasteiger partial charge in [-0.3, -0.25) is 9.79 Å². The van der Waals surface area contributed by atoms with Crippen molar-refractivity contribution in [1.29, 1.82) is 0 Å². The number of guanidine groups is 1. The Balaban J connectivity index is 0.00000676. The molecule has 0 radical (unpaired) electrons. The second-order valence-corrected chi connectivity index (χ2v) is 6.44. The van der Waals surface area contributed by atoms with Gasteiger partial charge in [-0.25, -0.2) is 0 Å². The molecule has 0 bridgehead atoms. The minimum Gasteiger partial charge on any atom is -0.396 e. The van der Waals surface area contributed by atoms with Crippen molar-refractivity contribution in [3.63, 3.8) is 0 Å². The van der Waals surface area contributed by atoms with Gasteiger partial charge >= 0.3 is 0 Å². The molecule has 0 aliphatic carbocycles. The number of halogens is 1. The Morgan fingerprint density at radius 1 is 1.15 bits per heavy atom. The van der Waals surface area contributed by atoms with E-state index in [2.05, 4.69) is 27.9 Å². The van der Waals surface area contributed by atoms with Gasteiger partial charge in [0.1, 0.15) is 0 Å². The second-order valence-electron chi connectivity index (χ2n) is 6.44. The first-order valence-corrected chi connectivity index (χ1v) is 9.58. The lowest BCUT2D eigenvalue weighted by Gasteiger charge is -2.15. The number of rotatable bonds is 11. The Morgan fingerprint density at radius 2 is 1.89 bits per heavy atom. The highest BCUT2D eigenvalue weighted by Crippen LogP contribution is 2.10. The molecule has 0 aliphatic heterocycles. The van der Waals surface area contributed by atoms with Crippen LogP contribution in [-0.4, -0.2) is 49.8 Å². The zero-order chi connectivity index (χ0) is 19.2. The first-order chi connectivity index (χ1) is 12.6. The topological polar surface area (TPSA) is 85.8 Å². The molecule has 0 aromatic heterocycles. The number of nitrogens with zero attached hydrogens (tertiary/aromatic N) is 1. The van der Waals surface area contributed by atoms with E-state index in [0.29, 0.717) is 31.1 Å². The Labute approximate surface area is 180 Å². The van der Waals surface area contributed by atoms with E-state index in [1.807, 2.05) is 38.1 Å². The second kappa shape index (κ2) is 15.7. The van der Waals surface area contributed by atoms with E-state index in [4.69, 9.17) is 5.11 Å². The van der Waals surface area contributed by atoms with Crippen LogP contribution in [0.15, 0.2) is 29.3 Å². The van der Waals surface area contributed by atoms with E-state index < -0.39 is 0 Å². The number of hydrogen-bond acceptors (Lipinski definition) is 3. The van der Waals surface area contributed by atoms with Gasteiger partial charge in [-0.2, -0.15) is 0 Å². The van der Waals surface area contributed by atoms with E-state index in [-0.39, 0.29) is 36.5 Å². The zero-order valence-corrected chi connectivity index (χ0v) is 19.1. The monoisotopic (exact) mass is 490 g/mol. The van der Waals surface area contributed by atoms with Crippen LogP contribution in [0.25, 0.3) is 0 Å². The van der Waals surface area contributed by atoms with Crippen molar-refractivity contribution >= 4 is 35.8 Å². The molecule has 6 nitrogen and oxygen atoms in total. The largest absolute Gasteiger partial charge is 0.396 e. The van der Waals surface area contributed by atoms with E-state index in [1.165, 1.54) is 0 Å². The summed E-state index contributed by atoms with van der Waals surface area (Å²) < 4.78 is 0. The molecular weight excluding hydrogens is 455 g/mol. The van der Waals surface area contributed by atoms with Crippen LogP contribution < -0.4 is 16.0 Å². The summed E-state index contributed by atoms with van der Waals surface area (Å²) in [7, 11) is 0. The molecule has 1 aromatic rings. The van der Waals surface area contributed by atoms with Crippen LogP contribution in [0.5, 0.6) is 0 Å². The third-order valence-electron chi connectivity index (χ3n) is 4.07. The van der Waals surface area contributed by atoms with Crippen molar-refractivity contribution in [2.75, 3.05) is 32.8 Å². The van der Waals surface area contributed by atoms with Gasteiger partial charge in [0.25, 0.3) is 5.91 Å². The number of benzene rings is 1. The smallest absolute Gasteiger partial charge is 0.251 e. The van der Waals surface area contributed by atoms with Crippen LogP contribution in [0.2, 0.25) is 0 Å². The van der Waals surface area contributed by atoms with Crippen molar-refractivity contribution in [3.05, 3.63) is 35.4 Å². The SMILES string of the molecule is CCCC(CCO)CN=C(NCC)NCCNC(=O)c1cccc(C)c1.I. The lowest BCUT2D eigenvalue weighted by Crippen LogP contribution is -2.41. The van der Waals surface area contributed by atoms with Crippen LogP contribution in [-0.2, 0) is 0 Å². The average molecular weight is 490 g/mol. The molecule has 154 valence electrons. The van der Waals surface area contributed by atoms with Crippen LogP contribution >= 0.6 is 24.0 Å². The summed E-state index contributed by atoms with van der Waals surface area (Å²) in [4.78, 5) is 16.7. The number of aryl methyl sites for hydroxylation is 1. The first kappa shape index (κ1) is 25.6. The van der Waals surface area contributed by atoms with Gasteiger partial charge in [0.05, 0.1) is 0 Å². The average Bonchev–Trinajstić information content (AvgIpc) is 2.63. The fourth-order valence-electron chi connectivity index (χ4n) is 2.73. The first-order valence-electron chi connectivity index (χ1n) is 9.58. The number of carbonyl (C=O) groups is 1. The molecule has 0 aliphatic rings. The molecule has 1 atom stereocenters. The van der Waals surface area contributed by atoms with Crippen LogP contribution in [0.3, 0.4) is 0 Å². The normalized spacial score (nSPS) is 12.1. The molecule has 0 heterocycles. The Kier molecular flexibility index (Phi) is 14.9. The number of hydrogen-bond donors (Lipinski definition) is 4. The molecule has 1 amide bonds. The van der Waals surface area contributed by atoms with Crippen molar-refractivity contribution in [2.45, 2.75) is 40.0 Å². The number of carbonyl (C=O) groups excluding carboxylic acids is 1. The molecule has 0 fully saturated rings. The summed E-state index contributed by atoms with van der Waals surface area (Å²) in [6, 6.07) is 7.55. The fourth-order valence-corrected chi connectivity index (χ4v) is 2.73. The standard InChI is InChI=1S/C20H34N4O2.HI/c1-4-7-17(10-13-25)15-24-20(21-5-2)23-12-11-22-19(26)18-9-6-8-16(3)14-18;/h6,8-9,14,17,25H,4-5,7,10-13,15H2,1-3H3,(H,22,26)(H2,21,23,24);1H. The highest BCUT2D eigenvalue weighted by Gasteiger charge is 2.08. The molecule has 1 aromatic carbocycles. The summed E-state index contributed by atoms with van der Waals surface area (Å²) in [6.07, 6.45) is 2.94. The van der Waals surface area contributed by atoms with E-state index >= 15 is 0 Å². The minimum atomic E-state index is -0.0663. The quantitative estimate of drug-likeness (QED) is 0.166. The number of nitrogens with one attached hydrogen (secondary N) is 3. The highest BCUT2D eigenvalue weighted by atomic mass is 127. The van der Waals surface area contributed by atoms with Crippen LogP contribution in [0, 0.1) is 12.8 Å².